The summed E-state index contributed by atoms with van der Waals surface area (Å²) < 4.78 is 5.14. The first kappa shape index (κ1) is 18.8. The van der Waals surface area contributed by atoms with Crippen molar-refractivity contribution in [3.05, 3.63) is 59.7 Å². The first-order chi connectivity index (χ1) is 13.1. The van der Waals surface area contributed by atoms with Gasteiger partial charge in [-0.1, -0.05) is 49.6 Å². The van der Waals surface area contributed by atoms with Crippen LogP contribution < -0.4 is 10.6 Å². The average molecular weight is 368 g/mol. The first-order valence-corrected chi connectivity index (χ1v) is 9.23. The van der Waals surface area contributed by atoms with E-state index in [1.807, 2.05) is 30.3 Å². The lowest BCUT2D eigenvalue weighted by Crippen LogP contribution is -2.36. The van der Waals surface area contributed by atoms with Crippen molar-refractivity contribution in [2.75, 3.05) is 5.32 Å². The Labute approximate surface area is 158 Å². The number of rotatable bonds is 5. The Morgan fingerprint density at radius 1 is 1.04 bits per heavy atom. The number of benzene rings is 2. The number of carbonyl (C=O) groups excluding carboxylic acids is 2. The van der Waals surface area contributed by atoms with E-state index >= 15 is 0 Å². The molecule has 2 aromatic rings. The number of amides is 2. The van der Waals surface area contributed by atoms with Gasteiger partial charge in [-0.3, -0.25) is 10.1 Å². The number of aromatic hydroxyl groups is 1. The SMILES string of the molecule is O=C(Nc1ccc(C(=O)NC2CCCCC2)c(O)c1)OCc1ccccc1. The fourth-order valence-electron chi connectivity index (χ4n) is 3.19. The third-order valence-electron chi connectivity index (χ3n) is 4.64. The Bertz CT molecular complexity index is 786. The summed E-state index contributed by atoms with van der Waals surface area (Å²) in [5.74, 6) is -0.471. The van der Waals surface area contributed by atoms with E-state index in [1.54, 1.807) is 6.07 Å². The third-order valence-corrected chi connectivity index (χ3v) is 4.64. The molecular formula is C21H24N2O4. The molecule has 0 aliphatic heterocycles. The van der Waals surface area contributed by atoms with Crippen molar-refractivity contribution in [2.45, 2.75) is 44.8 Å². The number of ether oxygens (including phenoxy) is 1. The van der Waals surface area contributed by atoms with Gasteiger partial charge in [-0.05, 0) is 30.5 Å². The van der Waals surface area contributed by atoms with E-state index in [2.05, 4.69) is 10.6 Å². The van der Waals surface area contributed by atoms with E-state index in [0.717, 1.165) is 31.2 Å². The zero-order valence-corrected chi connectivity index (χ0v) is 15.1. The predicted octanol–water partition coefficient (Wildman–Crippen LogP) is 4.20. The van der Waals surface area contributed by atoms with Crippen LogP contribution in [0.5, 0.6) is 5.75 Å². The van der Waals surface area contributed by atoms with Gasteiger partial charge in [0.1, 0.15) is 12.4 Å². The van der Waals surface area contributed by atoms with Crippen LogP contribution in [0.25, 0.3) is 0 Å². The van der Waals surface area contributed by atoms with E-state index in [-0.39, 0.29) is 29.9 Å². The van der Waals surface area contributed by atoms with Gasteiger partial charge in [-0.25, -0.2) is 4.79 Å². The van der Waals surface area contributed by atoms with E-state index in [0.29, 0.717) is 5.69 Å². The van der Waals surface area contributed by atoms with Crippen LogP contribution in [0.3, 0.4) is 0 Å². The van der Waals surface area contributed by atoms with Crippen molar-refractivity contribution in [2.24, 2.45) is 0 Å². The van der Waals surface area contributed by atoms with Crippen LogP contribution in [0.1, 0.15) is 48.0 Å². The molecule has 0 aromatic heterocycles. The maximum absolute atomic E-state index is 12.3. The molecule has 1 aliphatic rings. The molecule has 0 bridgehead atoms. The van der Waals surface area contributed by atoms with Crippen molar-refractivity contribution >= 4 is 17.7 Å². The van der Waals surface area contributed by atoms with Crippen LogP contribution in [-0.2, 0) is 11.3 Å². The lowest BCUT2D eigenvalue weighted by atomic mass is 9.95. The second kappa shape index (κ2) is 9.07. The summed E-state index contributed by atoms with van der Waals surface area (Å²) in [5.41, 5.74) is 1.44. The van der Waals surface area contributed by atoms with Crippen LogP contribution in [0, 0.1) is 0 Å². The Morgan fingerprint density at radius 2 is 1.78 bits per heavy atom. The van der Waals surface area contributed by atoms with Gasteiger partial charge in [0.25, 0.3) is 5.91 Å². The fourth-order valence-corrected chi connectivity index (χ4v) is 3.19. The van der Waals surface area contributed by atoms with Crippen LogP contribution in [-0.4, -0.2) is 23.1 Å². The normalized spacial score (nSPS) is 14.4. The van der Waals surface area contributed by atoms with Gasteiger partial charge in [0.2, 0.25) is 0 Å². The van der Waals surface area contributed by atoms with E-state index in [1.165, 1.54) is 18.6 Å². The minimum absolute atomic E-state index is 0.153. The third kappa shape index (κ3) is 5.48. The summed E-state index contributed by atoms with van der Waals surface area (Å²) in [6.07, 6.45) is 4.75. The molecule has 1 fully saturated rings. The van der Waals surface area contributed by atoms with Crippen molar-refractivity contribution in [1.29, 1.82) is 0 Å². The van der Waals surface area contributed by atoms with E-state index < -0.39 is 6.09 Å². The highest BCUT2D eigenvalue weighted by molar-refractivity contribution is 5.98. The van der Waals surface area contributed by atoms with Gasteiger partial charge in [-0.15, -0.1) is 0 Å². The van der Waals surface area contributed by atoms with Crippen molar-refractivity contribution < 1.29 is 19.4 Å². The predicted molar refractivity (Wildman–Crippen MR) is 103 cm³/mol. The molecule has 6 heteroatoms. The Morgan fingerprint density at radius 3 is 2.48 bits per heavy atom. The van der Waals surface area contributed by atoms with Crippen LogP contribution in [0.15, 0.2) is 48.5 Å². The average Bonchev–Trinajstić information content (AvgIpc) is 2.68. The lowest BCUT2D eigenvalue weighted by Gasteiger charge is -2.23. The number of nitrogens with one attached hydrogen (secondary N) is 2. The van der Waals surface area contributed by atoms with Crippen molar-refractivity contribution in [3.63, 3.8) is 0 Å². The second-order valence-corrected chi connectivity index (χ2v) is 6.73. The molecule has 6 nitrogen and oxygen atoms in total. The van der Waals surface area contributed by atoms with Gasteiger partial charge >= 0.3 is 6.09 Å². The topological polar surface area (TPSA) is 87.7 Å². The number of hydrogen-bond donors (Lipinski definition) is 3. The van der Waals surface area contributed by atoms with Gasteiger partial charge in [-0.2, -0.15) is 0 Å². The molecule has 3 N–H and O–H groups in total. The molecule has 27 heavy (non-hydrogen) atoms. The van der Waals surface area contributed by atoms with E-state index in [4.69, 9.17) is 4.74 Å². The summed E-state index contributed by atoms with van der Waals surface area (Å²) in [5, 5.41) is 15.7. The first-order valence-electron chi connectivity index (χ1n) is 9.23. The standard InChI is InChI=1S/C21H24N2O4/c24-19-13-17(23-21(26)27-14-15-7-3-1-4-8-15)11-12-18(19)20(25)22-16-9-5-2-6-10-16/h1,3-4,7-8,11-13,16,24H,2,5-6,9-10,14H2,(H,22,25)(H,23,26). The zero-order valence-electron chi connectivity index (χ0n) is 15.1. The van der Waals surface area contributed by atoms with Crippen LogP contribution >= 0.6 is 0 Å². The minimum atomic E-state index is -0.627. The molecule has 142 valence electrons. The molecule has 3 rings (SSSR count). The number of hydrogen-bond acceptors (Lipinski definition) is 4. The highest BCUT2D eigenvalue weighted by Crippen LogP contribution is 2.24. The Hall–Kier alpha value is -3.02. The van der Waals surface area contributed by atoms with E-state index in [9.17, 15) is 14.7 Å². The fraction of sp³-hybridized carbons (Fsp3) is 0.333. The maximum atomic E-state index is 12.3. The molecule has 0 atom stereocenters. The summed E-state index contributed by atoms with van der Waals surface area (Å²) in [4.78, 5) is 24.2. The smallest absolute Gasteiger partial charge is 0.411 e. The van der Waals surface area contributed by atoms with Crippen LogP contribution in [0.2, 0.25) is 0 Å². The second-order valence-electron chi connectivity index (χ2n) is 6.73. The highest BCUT2D eigenvalue weighted by atomic mass is 16.5. The molecule has 0 spiro atoms. The van der Waals surface area contributed by atoms with Crippen molar-refractivity contribution in [1.82, 2.24) is 5.32 Å². The molecular weight excluding hydrogens is 344 g/mol. The summed E-state index contributed by atoms with van der Waals surface area (Å²) in [7, 11) is 0. The molecule has 1 saturated carbocycles. The van der Waals surface area contributed by atoms with Gasteiger partial charge in [0.05, 0.1) is 5.56 Å². The number of anilines is 1. The number of phenolic OH excluding ortho intramolecular Hbond substituents is 1. The van der Waals surface area contributed by atoms with Crippen LogP contribution in [0.4, 0.5) is 10.5 Å². The molecule has 1 aliphatic carbocycles. The summed E-state index contributed by atoms with van der Waals surface area (Å²) in [6.45, 7) is 0.153. The Balaban J connectivity index is 1.54. The maximum Gasteiger partial charge on any atom is 0.411 e. The largest absolute Gasteiger partial charge is 0.507 e. The summed E-state index contributed by atoms with van der Waals surface area (Å²) >= 11 is 0. The van der Waals surface area contributed by atoms with Crippen molar-refractivity contribution in [3.8, 4) is 5.75 Å². The minimum Gasteiger partial charge on any atom is -0.507 e. The highest BCUT2D eigenvalue weighted by Gasteiger charge is 2.19. The monoisotopic (exact) mass is 368 g/mol. The lowest BCUT2D eigenvalue weighted by molar-refractivity contribution is 0.0925. The van der Waals surface area contributed by atoms with Gasteiger partial charge in [0.15, 0.2) is 0 Å². The number of phenols is 1. The molecule has 2 aromatic carbocycles. The molecule has 0 saturated heterocycles. The quantitative estimate of drug-likeness (QED) is 0.738. The molecule has 0 unspecified atom stereocenters. The van der Waals surface area contributed by atoms with Gasteiger partial charge < -0.3 is 15.2 Å². The molecule has 0 radical (unpaired) electrons. The zero-order chi connectivity index (χ0) is 19.1. The number of carbonyl (C=O) groups is 2. The van der Waals surface area contributed by atoms with Gasteiger partial charge in [0, 0.05) is 17.8 Å². The summed E-state index contributed by atoms with van der Waals surface area (Å²) in [6, 6.07) is 13.9. The molecule has 0 heterocycles. The molecule has 2 amide bonds. The Kier molecular flexibility index (Phi) is 6.30.